The molecule has 4 heteroatoms. The lowest BCUT2D eigenvalue weighted by Crippen LogP contribution is -2.12. The van der Waals surface area contributed by atoms with E-state index in [1.807, 2.05) is 0 Å². The van der Waals surface area contributed by atoms with Gasteiger partial charge >= 0.3 is 0 Å². The number of fused-ring (bicyclic) bond motifs is 1. The lowest BCUT2D eigenvalue weighted by Gasteiger charge is -2.22. The van der Waals surface area contributed by atoms with Crippen LogP contribution in [0.5, 0.6) is 0 Å². The maximum Gasteiger partial charge on any atom is 0.136 e. The fraction of sp³-hybridized carbons (Fsp3) is 0.727. The van der Waals surface area contributed by atoms with Crippen LogP contribution in [0.4, 0.5) is 5.69 Å². The topological polar surface area (TPSA) is 67.6 Å². The number of nitrogens with zero attached hydrogens (tertiary/aromatic N) is 2. The van der Waals surface area contributed by atoms with E-state index in [9.17, 15) is 0 Å². The van der Waals surface area contributed by atoms with Crippen LogP contribution in [0.1, 0.15) is 90.2 Å². The van der Waals surface area contributed by atoms with Crippen molar-refractivity contribution in [2.45, 2.75) is 91.9 Å². The zero-order valence-electron chi connectivity index (χ0n) is 17.3. The molecule has 2 unspecified atom stereocenters. The minimum absolute atomic E-state index is 0.705. The van der Waals surface area contributed by atoms with Crippen LogP contribution in [-0.2, 0) is 12.8 Å². The molecule has 0 aliphatic rings. The molecule has 0 fully saturated rings. The third-order valence-electron chi connectivity index (χ3n) is 5.94. The first-order valence-corrected chi connectivity index (χ1v) is 10.7. The van der Waals surface area contributed by atoms with Crippen LogP contribution in [0.3, 0.4) is 0 Å². The molecule has 0 spiro atoms. The smallest absolute Gasteiger partial charge is 0.136 e. The number of nitrogen functional groups attached to an aromatic ring is 1. The van der Waals surface area contributed by atoms with Crippen molar-refractivity contribution in [1.29, 1.82) is 0 Å². The molecule has 1 aromatic heterocycles. The molecule has 0 saturated carbocycles. The van der Waals surface area contributed by atoms with Crippen molar-refractivity contribution in [2.75, 3.05) is 5.73 Å². The summed E-state index contributed by atoms with van der Waals surface area (Å²) in [5.74, 6) is 1.43. The van der Waals surface area contributed by atoms with Crippen LogP contribution in [0.2, 0.25) is 0 Å². The van der Waals surface area contributed by atoms with Crippen LogP contribution in [-0.4, -0.2) is 15.4 Å². The van der Waals surface area contributed by atoms with Gasteiger partial charge in [-0.3, -0.25) is 0 Å². The molecular formula is C22H38N4. The van der Waals surface area contributed by atoms with Crippen LogP contribution >= 0.6 is 0 Å². The fourth-order valence-corrected chi connectivity index (χ4v) is 4.02. The Labute approximate surface area is 159 Å². The number of benzene rings is 1. The summed E-state index contributed by atoms with van der Waals surface area (Å²) in [6.07, 6.45) is 12.3. The summed E-state index contributed by atoms with van der Waals surface area (Å²) < 4.78 is 0. The van der Waals surface area contributed by atoms with Crippen LogP contribution in [0.15, 0.2) is 6.07 Å². The predicted octanol–water partition coefficient (Wildman–Crippen LogP) is 6.06. The second kappa shape index (κ2) is 10.5. The van der Waals surface area contributed by atoms with E-state index in [-0.39, 0.29) is 0 Å². The van der Waals surface area contributed by atoms with Gasteiger partial charge in [-0.2, -0.15) is 15.4 Å². The lowest BCUT2D eigenvalue weighted by molar-refractivity contribution is 0.435. The maximum absolute atomic E-state index is 6.59. The first kappa shape index (κ1) is 20.7. The van der Waals surface area contributed by atoms with Gasteiger partial charge in [0.15, 0.2) is 0 Å². The molecule has 0 aliphatic carbocycles. The molecule has 0 bridgehead atoms. The van der Waals surface area contributed by atoms with Crippen molar-refractivity contribution in [3.8, 4) is 0 Å². The van der Waals surface area contributed by atoms with Crippen molar-refractivity contribution >= 4 is 16.7 Å². The first-order chi connectivity index (χ1) is 12.6. The number of hydrogen-bond acceptors (Lipinski definition) is 3. The van der Waals surface area contributed by atoms with E-state index in [0.717, 1.165) is 35.5 Å². The van der Waals surface area contributed by atoms with Gasteiger partial charge in [0, 0.05) is 0 Å². The second-order valence-electron chi connectivity index (χ2n) is 7.86. The summed E-state index contributed by atoms with van der Waals surface area (Å²) in [5, 5.41) is 11.4. The van der Waals surface area contributed by atoms with E-state index in [2.05, 4.69) is 49.2 Å². The summed E-state index contributed by atoms with van der Waals surface area (Å²) in [7, 11) is 0. The summed E-state index contributed by atoms with van der Waals surface area (Å²) >= 11 is 0. The highest BCUT2D eigenvalue weighted by Crippen LogP contribution is 2.32. The molecule has 0 saturated heterocycles. The monoisotopic (exact) mass is 358 g/mol. The van der Waals surface area contributed by atoms with Gasteiger partial charge < -0.3 is 5.73 Å². The van der Waals surface area contributed by atoms with Gasteiger partial charge in [0.1, 0.15) is 11.0 Å². The second-order valence-corrected chi connectivity index (χ2v) is 7.86. The summed E-state index contributed by atoms with van der Waals surface area (Å²) in [6, 6.07) is 2.24. The van der Waals surface area contributed by atoms with Gasteiger partial charge in [-0.25, -0.2) is 0 Å². The molecule has 2 rings (SSSR count). The normalized spacial score (nSPS) is 14.0. The number of hydrogen-bond donors (Lipinski definition) is 2. The first-order valence-electron chi connectivity index (χ1n) is 10.7. The van der Waals surface area contributed by atoms with Crippen molar-refractivity contribution in [1.82, 2.24) is 15.4 Å². The lowest BCUT2D eigenvalue weighted by atomic mass is 9.84. The number of H-pyrrole nitrogens is 1. The summed E-state index contributed by atoms with van der Waals surface area (Å²) in [6.45, 7) is 9.17. The number of aromatic amines is 1. The Bertz CT molecular complexity index is 661. The molecule has 0 radical (unpaired) electrons. The van der Waals surface area contributed by atoms with Gasteiger partial charge in [-0.15, -0.1) is 0 Å². The zero-order chi connectivity index (χ0) is 18.9. The highest BCUT2D eigenvalue weighted by atomic mass is 15.3. The Balaban J connectivity index is 2.33. The molecule has 0 aliphatic heterocycles. The molecule has 2 aromatic rings. The highest BCUT2D eigenvalue weighted by molar-refractivity contribution is 5.89. The predicted molar refractivity (Wildman–Crippen MR) is 112 cm³/mol. The van der Waals surface area contributed by atoms with Gasteiger partial charge in [0.25, 0.3) is 0 Å². The molecule has 146 valence electrons. The average Bonchev–Trinajstić information content (AvgIpc) is 3.12. The van der Waals surface area contributed by atoms with E-state index >= 15 is 0 Å². The van der Waals surface area contributed by atoms with Gasteiger partial charge in [0.2, 0.25) is 0 Å². The minimum atomic E-state index is 0.705. The highest BCUT2D eigenvalue weighted by Gasteiger charge is 2.19. The van der Waals surface area contributed by atoms with E-state index in [1.54, 1.807) is 0 Å². The molecule has 1 aromatic carbocycles. The molecule has 1 heterocycles. The Morgan fingerprint density at radius 3 is 2.12 bits per heavy atom. The Kier molecular flexibility index (Phi) is 8.40. The largest absolute Gasteiger partial charge is 0.397 e. The number of unbranched alkanes of at least 4 members (excludes halogenated alkanes) is 2. The van der Waals surface area contributed by atoms with Crippen LogP contribution in [0.25, 0.3) is 11.0 Å². The minimum Gasteiger partial charge on any atom is -0.397 e. The standard InChI is InChI=1S/C22H38N4/c1-5-9-11-16(7-3)13-18-15-20-22(25-26-24-20)21(23)19(18)14-17(8-4)12-10-6-2/h15-17H,5-14,23H2,1-4H3,(H,24,25,26). The van der Waals surface area contributed by atoms with Crippen molar-refractivity contribution in [2.24, 2.45) is 11.8 Å². The van der Waals surface area contributed by atoms with Gasteiger partial charge in [-0.05, 0) is 41.9 Å². The Morgan fingerprint density at radius 2 is 1.54 bits per heavy atom. The molecule has 0 amide bonds. The summed E-state index contributed by atoms with van der Waals surface area (Å²) in [5.41, 5.74) is 11.9. The zero-order valence-corrected chi connectivity index (χ0v) is 17.3. The average molecular weight is 359 g/mol. The number of aromatic nitrogens is 3. The van der Waals surface area contributed by atoms with Crippen molar-refractivity contribution < 1.29 is 0 Å². The molecule has 26 heavy (non-hydrogen) atoms. The quantitative estimate of drug-likeness (QED) is 0.453. The third-order valence-corrected chi connectivity index (χ3v) is 5.94. The van der Waals surface area contributed by atoms with Crippen molar-refractivity contribution in [3.05, 3.63) is 17.2 Å². The number of rotatable bonds is 12. The number of nitrogens with two attached hydrogens (primary N) is 1. The summed E-state index contributed by atoms with van der Waals surface area (Å²) in [4.78, 5) is 0. The SMILES string of the molecule is CCCCC(CC)Cc1cc2n[nH]nc2c(N)c1CC(CC)CCCC. The van der Waals surface area contributed by atoms with Crippen molar-refractivity contribution in [3.63, 3.8) is 0 Å². The van der Waals surface area contributed by atoms with Gasteiger partial charge in [0.05, 0.1) is 5.69 Å². The van der Waals surface area contributed by atoms with E-state index in [1.165, 1.54) is 62.5 Å². The van der Waals surface area contributed by atoms with E-state index in [0.29, 0.717) is 5.92 Å². The van der Waals surface area contributed by atoms with Crippen LogP contribution in [0, 0.1) is 11.8 Å². The maximum atomic E-state index is 6.59. The Hall–Kier alpha value is -1.58. The molecular weight excluding hydrogens is 320 g/mol. The number of nitrogens with one attached hydrogen (secondary N) is 1. The van der Waals surface area contributed by atoms with E-state index in [4.69, 9.17) is 5.73 Å². The number of anilines is 1. The Morgan fingerprint density at radius 1 is 0.923 bits per heavy atom. The molecule has 2 atom stereocenters. The van der Waals surface area contributed by atoms with Gasteiger partial charge in [-0.1, -0.05) is 79.1 Å². The van der Waals surface area contributed by atoms with E-state index < -0.39 is 0 Å². The molecule has 3 N–H and O–H groups in total. The third kappa shape index (κ3) is 5.21. The molecule has 4 nitrogen and oxygen atoms in total. The van der Waals surface area contributed by atoms with Crippen LogP contribution < -0.4 is 5.73 Å². The fourth-order valence-electron chi connectivity index (χ4n) is 4.02.